The highest BCUT2D eigenvalue weighted by atomic mass is 16.5. The van der Waals surface area contributed by atoms with Gasteiger partial charge in [0, 0.05) is 12.0 Å². The van der Waals surface area contributed by atoms with Crippen LogP contribution in [0.5, 0.6) is 0 Å². The van der Waals surface area contributed by atoms with Gasteiger partial charge in [0.2, 0.25) is 0 Å². The molecule has 1 saturated carbocycles. The number of likely N-dealkylation sites (N-methyl/N-ethyl adjacent to an activating group) is 1. The largest absolute Gasteiger partial charge is 0.496 e. The summed E-state index contributed by atoms with van der Waals surface area (Å²) in [4.78, 5) is 2.31. The van der Waals surface area contributed by atoms with Gasteiger partial charge in [0.1, 0.15) is 5.76 Å². The van der Waals surface area contributed by atoms with Crippen LogP contribution >= 0.6 is 0 Å². The van der Waals surface area contributed by atoms with E-state index >= 15 is 0 Å². The summed E-state index contributed by atoms with van der Waals surface area (Å²) >= 11 is 0. The Morgan fingerprint density at radius 3 is 2.56 bits per heavy atom. The van der Waals surface area contributed by atoms with Crippen molar-refractivity contribution in [2.75, 3.05) is 20.7 Å². The van der Waals surface area contributed by atoms with Crippen molar-refractivity contribution in [2.24, 2.45) is 5.84 Å². The number of hydrogen-bond acceptors (Lipinski definition) is 4. The first-order chi connectivity index (χ1) is 7.70. The highest BCUT2D eigenvalue weighted by Gasteiger charge is 2.45. The molecule has 0 saturated heterocycles. The lowest BCUT2D eigenvalue weighted by Crippen LogP contribution is -2.60. The van der Waals surface area contributed by atoms with E-state index in [4.69, 9.17) is 10.6 Å². The molecule has 0 bridgehead atoms. The first-order valence-electron chi connectivity index (χ1n) is 6.17. The predicted octanol–water partition coefficient (Wildman–Crippen LogP) is 0.997. The molecule has 1 heterocycles. The van der Waals surface area contributed by atoms with Crippen LogP contribution < -0.4 is 11.3 Å². The molecule has 1 aliphatic heterocycles. The maximum absolute atomic E-state index is 5.76. The van der Waals surface area contributed by atoms with Gasteiger partial charge in [-0.05, 0) is 33.0 Å². The van der Waals surface area contributed by atoms with E-state index in [1.54, 1.807) is 0 Å². The van der Waals surface area contributed by atoms with Crippen LogP contribution in [0.3, 0.4) is 0 Å². The first-order valence-corrected chi connectivity index (χ1v) is 6.17. The number of ether oxygens (including phenoxy) is 1. The monoisotopic (exact) mass is 225 g/mol. The van der Waals surface area contributed by atoms with E-state index < -0.39 is 0 Å². The minimum atomic E-state index is 0.130. The second kappa shape index (κ2) is 4.73. The van der Waals surface area contributed by atoms with Crippen molar-refractivity contribution in [3.63, 3.8) is 0 Å². The molecule has 16 heavy (non-hydrogen) atoms. The van der Waals surface area contributed by atoms with Gasteiger partial charge in [-0.1, -0.05) is 12.8 Å². The Morgan fingerprint density at radius 1 is 1.44 bits per heavy atom. The molecule has 3 N–H and O–H groups in total. The molecule has 1 atom stereocenters. The van der Waals surface area contributed by atoms with Gasteiger partial charge in [-0.25, -0.2) is 5.43 Å². The first kappa shape index (κ1) is 11.9. The Balaban J connectivity index is 2.22. The summed E-state index contributed by atoms with van der Waals surface area (Å²) in [7, 11) is 4.29. The van der Waals surface area contributed by atoms with Crippen LogP contribution in [0.1, 0.15) is 32.1 Å². The van der Waals surface area contributed by atoms with E-state index in [2.05, 4.69) is 30.5 Å². The third kappa shape index (κ3) is 1.85. The predicted molar refractivity (Wildman–Crippen MR) is 64.6 cm³/mol. The van der Waals surface area contributed by atoms with Crippen LogP contribution in [-0.4, -0.2) is 37.2 Å². The molecule has 2 aliphatic rings. The fraction of sp³-hybridized carbons (Fsp3) is 0.833. The van der Waals surface area contributed by atoms with E-state index in [9.17, 15) is 0 Å². The molecule has 1 fully saturated rings. The molecule has 0 amide bonds. The zero-order valence-electron chi connectivity index (χ0n) is 10.3. The van der Waals surface area contributed by atoms with E-state index in [0.29, 0.717) is 0 Å². The van der Waals surface area contributed by atoms with Crippen molar-refractivity contribution in [1.29, 1.82) is 0 Å². The van der Waals surface area contributed by atoms with Crippen molar-refractivity contribution in [2.45, 2.75) is 43.7 Å². The van der Waals surface area contributed by atoms with Crippen LogP contribution in [0.15, 0.2) is 11.8 Å². The summed E-state index contributed by atoms with van der Waals surface area (Å²) in [6.07, 6.45) is 8.13. The average Bonchev–Trinajstić information content (AvgIpc) is 2.89. The Kier molecular flexibility index (Phi) is 3.52. The van der Waals surface area contributed by atoms with Crippen molar-refractivity contribution >= 4 is 0 Å². The summed E-state index contributed by atoms with van der Waals surface area (Å²) < 4.78 is 5.69. The van der Waals surface area contributed by atoms with E-state index in [0.717, 1.165) is 18.8 Å². The molecule has 4 heteroatoms. The lowest BCUT2D eigenvalue weighted by atomic mass is 9.85. The van der Waals surface area contributed by atoms with Gasteiger partial charge >= 0.3 is 0 Å². The molecule has 0 aromatic rings. The normalized spacial score (nSPS) is 25.6. The third-order valence-corrected chi connectivity index (χ3v) is 4.08. The zero-order valence-corrected chi connectivity index (χ0v) is 10.3. The second-order valence-electron chi connectivity index (χ2n) is 5.05. The van der Waals surface area contributed by atoms with Crippen molar-refractivity contribution in [3.05, 3.63) is 11.8 Å². The van der Waals surface area contributed by atoms with E-state index in [1.807, 2.05) is 0 Å². The second-order valence-corrected chi connectivity index (χ2v) is 5.05. The number of nitrogens with zero attached hydrogens (tertiary/aromatic N) is 1. The maximum atomic E-state index is 5.76. The molecule has 0 spiro atoms. The summed E-state index contributed by atoms with van der Waals surface area (Å²) in [5, 5.41) is 0. The Labute approximate surface area is 97.8 Å². The topological polar surface area (TPSA) is 50.5 Å². The number of nitrogens with one attached hydrogen (secondary N) is 1. The molecular formula is C12H23N3O. The molecule has 92 valence electrons. The summed E-state index contributed by atoms with van der Waals surface area (Å²) in [6.45, 7) is 0.803. The summed E-state index contributed by atoms with van der Waals surface area (Å²) in [5.41, 5.74) is 3.10. The van der Waals surface area contributed by atoms with Crippen LogP contribution in [0.25, 0.3) is 0 Å². The smallest absolute Gasteiger partial charge is 0.112 e. The average molecular weight is 225 g/mol. The van der Waals surface area contributed by atoms with E-state index in [1.165, 1.54) is 25.7 Å². The molecular weight excluding hydrogens is 202 g/mol. The number of nitrogens with two attached hydrogens (primary N) is 1. The lowest BCUT2D eigenvalue weighted by Gasteiger charge is -2.42. The van der Waals surface area contributed by atoms with Gasteiger partial charge in [-0.2, -0.15) is 0 Å². The molecule has 4 nitrogen and oxygen atoms in total. The quantitative estimate of drug-likeness (QED) is 0.553. The minimum Gasteiger partial charge on any atom is -0.496 e. The third-order valence-electron chi connectivity index (χ3n) is 4.08. The van der Waals surface area contributed by atoms with E-state index in [-0.39, 0.29) is 11.6 Å². The van der Waals surface area contributed by atoms with Gasteiger partial charge in [0.05, 0.1) is 12.6 Å². The minimum absolute atomic E-state index is 0.130. The Bertz CT molecular complexity index is 269. The van der Waals surface area contributed by atoms with Gasteiger partial charge < -0.3 is 9.64 Å². The van der Waals surface area contributed by atoms with Gasteiger partial charge in [0.15, 0.2) is 0 Å². The maximum Gasteiger partial charge on any atom is 0.112 e. The molecule has 1 unspecified atom stereocenters. The van der Waals surface area contributed by atoms with Crippen LogP contribution in [-0.2, 0) is 4.74 Å². The van der Waals surface area contributed by atoms with Gasteiger partial charge in [-0.3, -0.25) is 5.84 Å². The van der Waals surface area contributed by atoms with Crippen molar-refractivity contribution in [1.82, 2.24) is 10.3 Å². The highest BCUT2D eigenvalue weighted by molar-refractivity contribution is 5.17. The zero-order chi connectivity index (χ0) is 11.6. The van der Waals surface area contributed by atoms with Crippen LogP contribution in [0, 0.1) is 0 Å². The van der Waals surface area contributed by atoms with Crippen LogP contribution in [0.2, 0.25) is 0 Å². The fourth-order valence-electron chi connectivity index (χ4n) is 3.12. The number of hydrogen-bond donors (Lipinski definition) is 2. The molecule has 1 aliphatic carbocycles. The van der Waals surface area contributed by atoms with Crippen molar-refractivity contribution in [3.8, 4) is 0 Å². The standard InChI is InChI=1S/C12H23N3O/c1-15(2)12(7-3-4-8-12)11(14-13)10-6-5-9-16-10/h6,11,14H,3-5,7-9,13H2,1-2H3. The molecule has 0 radical (unpaired) electrons. The molecule has 2 rings (SSSR count). The summed E-state index contributed by atoms with van der Waals surface area (Å²) in [5.74, 6) is 6.80. The van der Waals surface area contributed by atoms with Crippen LogP contribution in [0.4, 0.5) is 0 Å². The SMILES string of the molecule is CN(C)C1(C(NN)C2=CCCO2)CCCC1. The number of rotatable bonds is 4. The molecule has 0 aromatic heterocycles. The summed E-state index contributed by atoms with van der Waals surface area (Å²) in [6, 6.07) is 0.132. The highest BCUT2D eigenvalue weighted by Crippen LogP contribution is 2.39. The Morgan fingerprint density at radius 2 is 2.12 bits per heavy atom. The Hall–Kier alpha value is -0.580. The van der Waals surface area contributed by atoms with Gasteiger partial charge in [0.25, 0.3) is 0 Å². The lowest BCUT2D eigenvalue weighted by molar-refractivity contribution is 0.0851. The van der Waals surface area contributed by atoms with Gasteiger partial charge in [-0.15, -0.1) is 0 Å². The van der Waals surface area contributed by atoms with Crippen molar-refractivity contribution < 1.29 is 4.74 Å². The number of hydrazine groups is 1. The fourth-order valence-corrected chi connectivity index (χ4v) is 3.12. The molecule has 0 aromatic carbocycles.